The minimum atomic E-state index is 0.894. The van der Waals surface area contributed by atoms with Crippen molar-refractivity contribution in [1.82, 2.24) is 19.1 Å². The predicted molar refractivity (Wildman–Crippen MR) is 292 cm³/mol. The number of hydrogen-bond donors (Lipinski definition) is 0. The van der Waals surface area contributed by atoms with E-state index in [2.05, 4.69) is 249 Å². The summed E-state index contributed by atoms with van der Waals surface area (Å²) in [5.41, 5.74) is 17.4. The van der Waals surface area contributed by atoms with E-state index in [1.165, 1.54) is 49.2 Å². The van der Waals surface area contributed by atoms with Gasteiger partial charge in [0, 0.05) is 67.5 Å². The summed E-state index contributed by atoms with van der Waals surface area (Å²) in [6.07, 6.45) is 3.60. The highest BCUT2D eigenvalue weighted by atomic mass is 15.3. The van der Waals surface area contributed by atoms with Crippen LogP contribution in [0.5, 0.6) is 0 Å². The Morgan fingerprint density at radius 1 is 0.243 bits per heavy atom. The molecule has 11 aromatic carbocycles. The zero-order valence-electron chi connectivity index (χ0n) is 37.8. The summed E-state index contributed by atoms with van der Waals surface area (Å²) < 4.78 is 4.84. The Morgan fingerprint density at radius 2 is 0.657 bits per heavy atom. The molecule has 3 aromatic heterocycles. The van der Waals surface area contributed by atoms with Crippen molar-refractivity contribution in [2.75, 3.05) is 9.80 Å². The molecule has 6 heteroatoms. The quantitative estimate of drug-likeness (QED) is 0.161. The van der Waals surface area contributed by atoms with Gasteiger partial charge in [0.05, 0.1) is 55.8 Å². The summed E-state index contributed by atoms with van der Waals surface area (Å²) >= 11 is 0. The Labute approximate surface area is 402 Å². The lowest BCUT2D eigenvalue weighted by Gasteiger charge is -2.41. The molecule has 1 aliphatic heterocycles. The molecule has 326 valence electrons. The Balaban J connectivity index is 1.03. The maximum atomic E-state index is 4.96. The van der Waals surface area contributed by atoms with Crippen molar-refractivity contribution < 1.29 is 0 Å². The van der Waals surface area contributed by atoms with Crippen LogP contribution < -0.4 is 9.80 Å². The fourth-order valence-electron chi connectivity index (χ4n) is 11.4. The van der Waals surface area contributed by atoms with Crippen molar-refractivity contribution in [2.24, 2.45) is 0 Å². The minimum absolute atomic E-state index is 0.894. The largest absolute Gasteiger partial charge is 0.309 e. The van der Waals surface area contributed by atoms with Crippen molar-refractivity contribution in [2.45, 2.75) is 0 Å². The zero-order chi connectivity index (χ0) is 45.9. The second kappa shape index (κ2) is 15.0. The molecule has 0 aliphatic carbocycles. The molecule has 0 fully saturated rings. The van der Waals surface area contributed by atoms with Crippen molar-refractivity contribution in [3.05, 3.63) is 243 Å². The maximum absolute atomic E-state index is 4.96. The van der Waals surface area contributed by atoms with Crippen LogP contribution in [0.15, 0.2) is 243 Å². The molecule has 0 amide bonds. The molecule has 0 radical (unpaired) electrons. The van der Waals surface area contributed by atoms with Crippen LogP contribution >= 0.6 is 0 Å². The average molecular weight is 893 g/mol. The lowest BCUT2D eigenvalue weighted by molar-refractivity contribution is 1.12. The Hall–Kier alpha value is -9.52. The summed E-state index contributed by atoms with van der Waals surface area (Å²) in [5, 5.41) is 9.33. The average Bonchev–Trinajstić information content (AvgIpc) is 3.95. The summed E-state index contributed by atoms with van der Waals surface area (Å²) in [4.78, 5) is 14.8. The van der Waals surface area contributed by atoms with Gasteiger partial charge in [0.25, 0.3) is 0 Å². The van der Waals surface area contributed by atoms with Gasteiger partial charge in [0.2, 0.25) is 0 Å². The molecular formula is C64H40N6. The van der Waals surface area contributed by atoms with Gasteiger partial charge in [0.1, 0.15) is 0 Å². The first-order chi connectivity index (χ1) is 34.7. The normalized spacial score (nSPS) is 12.5. The van der Waals surface area contributed by atoms with Gasteiger partial charge in [-0.2, -0.15) is 0 Å². The van der Waals surface area contributed by atoms with Crippen LogP contribution in [-0.2, 0) is 0 Å². The summed E-state index contributed by atoms with van der Waals surface area (Å²) in [6, 6.07) is 84.1. The Bertz CT molecular complexity index is 4170. The van der Waals surface area contributed by atoms with Crippen LogP contribution in [0.25, 0.3) is 98.7 Å². The molecule has 6 nitrogen and oxygen atoms in total. The SMILES string of the molecule is c1ccc(-c2ccc3c(c2)c2cc(N4c5ccc(-n6c7ccccc7c7ccccc76)cc5N(c5ccccc5)c5cc(-n6c7ccccc7c7ccccc76)ccc54)ccc2c2nccnc32)cc1. The minimum Gasteiger partial charge on any atom is -0.309 e. The van der Waals surface area contributed by atoms with E-state index in [1.54, 1.807) is 12.4 Å². The first-order valence-electron chi connectivity index (χ1n) is 23.8. The molecule has 15 rings (SSSR count). The lowest BCUT2D eigenvalue weighted by Crippen LogP contribution is -2.24. The van der Waals surface area contributed by atoms with E-state index in [4.69, 9.17) is 9.97 Å². The van der Waals surface area contributed by atoms with E-state index in [0.29, 0.717) is 0 Å². The molecule has 0 saturated heterocycles. The van der Waals surface area contributed by atoms with Crippen LogP contribution in [0.1, 0.15) is 0 Å². The van der Waals surface area contributed by atoms with E-state index >= 15 is 0 Å². The van der Waals surface area contributed by atoms with Gasteiger partial charge in [-0.3, -0.25) is 9.97 Å². The van der Waals surface area contributed by atoms with Crippen LogP contribution in [-0.4, -0.2) is 19.1 Å². The van der Waals surface area contributed by atoms with Gasteiger partial charge in [-0.15, -0.1) is 0 Å². The van der Waals surface area contributed by atoms with E-state index in [0.717, 1.165) is 83.6 Å². The number of benzene rings is 11. The monoisotopic (exact) mass is 892 g/mol. The van der Waals surface area contributed by atoms with Crippen LogP contribution in [0.3, 0.4) is 0 Å². The molecule has 0 N–H and O–H groups in total. The molecule has 0 saturated carbocycles. The third-order valence-corrected chi connectivity index (χ3v) is 14.5. The highest BCUT2D eigenvalue weighted by Gasteiger charge is 2.33. The van der Waals surface area contributed by atoms with Crippen molar-refractivity contribution >= 4 is 110 Å². The Kier molecular flexibility index (Phi) is 8.26. The van der Waals surface area contributed by atoms with Gasteiger partial charge in [-0.05, 0) is 113 Å². The molecule has 0 unspecified atom stereocenters. The number of para-hydroxylation sites is 5. The summed E-state index contributed by atoms with van der Waals surface area (Å²) in [6.45, 7) is 0. The maximum Gasteiger partial charge on any atom is 0.0971 e. The van der Waals surface area contributed by atoms with E-state index < -0.39 is 0 Å². The van der Waals surface area contributed by atoms with Gasteiger partial charge in [-0.25, -0.2) is 0 Å². The van der Waals surface area contributed by atoms with Gasteiger partial charge in [0.15, 0.2) is 0 Å². The molecule has 4 heterocycles. The van der Waals surface area contributed by atoms with Crippen molar-refractivity contribution in [1.29, 1.82) is 0 Å². The third kappa shape index (κ3) is 5.62. The highest BCUT2D eigenvalue weighted by molar-refractivity contribution is 6.24. The van der Waals surface area contributed by atoms with E-state index in [9.17, 15) is 0 Å². The molecule has 1 aliphatic rings. The van der Waals surface area contributed by atoms with Crippen LogP contribution in [0, 0.1) is 0 Å². The second-order valence-electron chi connectivity index (χ2n) is 18.2. The van der Waals surface area contributed by atoms with Crippen LogP contribution in [0.2, 0.25) is 0 Å². The molecule has 0 spiro atoms. The van der Waals surface area contributed by atoms with E-state index in [1.807, 2.05) is 0 Å². The van der Waals surface area contributed by atoms with E-state index in [-0.39, 0.29) is 0 Å². The third-order valence-electron chi connectivity index (χ3n) is 14.5. The zero-order valence-corrected chi connectivity index (χ0v) is 37.8. The summed E-state index contributed by atoms with van der Waals surface area (Å²) in [5.74, 6) is 0. The topological polar surface area (TPSA) is 42.1 Å². The smallest absolute Gasteiger partial charge is 0.0971 e. The van der Waals surface area contributed by atoms with Crippen molar-refractivity contribution in [3.63, 3.8) is 0 Å². The fourth-order valence-corrected chi connectivity index (χ4v) is 11.4. The number of fused-ring (bicyclic) bond motifs is 14. The molecular weight excluding hydrogens is 853 g/mol. The number of hydrogen-bond acceptors (Lipinski definition) is 4. The number of anilines is 6. The van der Waals surface area contributed by atoms with Crippen molar-refractivity contribution in [3.8, 4) is 22.5 Å². The molecule has 0 bridgehead atoms. The van der Waals surface area contributed by atoms with Gasteiger partial charge in [-0.1, -0.05) is 140 Å². The number of aromatic nitrogens is 4. The lowest BCUT2D eigenvalue weighted by atomic mass is 9.94. The second-order valence-corrected chi connectivity index (χ2v) is 18.2. The first-order valence-corrected chi connectivity index (χ1v) is 23.8. The molecule has 70 heavy (non-hydrogen) atoms. The standard InChI is InChI=1S/C64H40N6/c1-3-15-41(16-4-1)42-27-31-51-53(37-42)54-38-44(28-32-52(54)64-63(51)65-35-36-66-64)70-59-33-29-45(68-55-23-11-7-19-47(55)48-20-8-12-24-56(48)68)39-61(59)67(43-17-5-2-6-18-43)62-40-46(30-34-60(62)70)69-57-25-13-9-21-49(57)50-22-10-14-26-58(50)69/h1-40H. The highest BCUT2D eigenvalue weighted by Crippen LogP contribution is 2.56. The van der Waals surface area contributed by atoms with Gasteiger partial charge < -0.3 is 18.9 Å². The van der Waals surface area contributed by atoms with Crippen LogP contribution in [0.4, 0.5) is 34.1 Å². The number of nitrogens with zero attached hydrogens (tertiary/aromatic N) is 6. The fraction of sp³-hybridized carbons (Fsp3) is 0. The predicted octanol–water partition coefficient (Wildman–Crippen LogP) is 17.1. The summed E-state index contributed by atoms with van der Waals surface area (Å²) in [7, 11) is 0. The molecule has 0 atom stereocenters. The first kappa shape index (κ1) is 38.6. The Morgan fingerprint density at radius 3 is 1.17 bits per heavy atom. The molecule has 14 aromatic rings. The number of rotatable bonds is 5. The van der Waals surface area contributed by atoms with Gasteiger partial charge >= 0.3 is 0 Å².